The number of amides is 2. The van der Waals surface area contributed by atoms with E-state index in [1.54, 1.807) is 7.11 Å². The lowest BCUT2D eigenvalue weighted by atomic mass is 10.1. The van der Waals surface area contributed by atoms with E-state index in [2.05, 4.69) is 23.6 Å². The number of benzene rings is 2. The Bertz CT molecular complexity index is 656. The predicted molar refractivity (Wildman–Crippen MR) is 99.4 cm³/mol. The Morgan fingerprint density at radius 3 is 2.44 bits per heavy atom. The van der Waals surface area contributed by atoms with Gasteiger partial charge in [-0.2, -0.15) is 0 Å². The number of methoxy groups -OCH3 is 1. The van der Waals surface area contributed by atoms with Crippen molar-refractivity contribution < 1.29 is 14.3 Å². The summed E-state index contributed by atoms with van der Waals surface area (Å²) < 4.78 is 10.8. The SMILES string of the molecule is CCc1cccc(OCCNC(=O)NCCc2ccc(OC)cc2)c1. The van der Waals surface area contributed by atoms with Gasteiger partial charge < -0.3 is 20.1 Å². The first-order valence-electron chi connectivity index (χ1n) is 8.57. The van der Waals surface area contributed by atoms with Gasteiger partial charge >= 0.3 is 6.03 Å². The van der Waals surface area contributed by atoms with Crippen molar-refractivity contribution in [2.75, 3.05) is 26.8 Å². The molecule has 0 spiro atoms. The van der Waals surface area contributed by atoms with Crippen LogP contribution in [0.5, 0.6) is 11.5 Å². The van der Waals surface area contributed by atoms with Crippen molar-refractivity contribution in [1.82, 2.24) is 10.6 Å². The zero-order valence-electron chi connectivity index (χ0n) is 14.9. The fraction of sp³-hybridized carbons (Fsp3) is 0.350. The van der Waals surface area contributed by atoms with Crippen molar-refractivity contribution in [3.05, 3.63) is 59.7 Å². The molecule has 0 aliphatic heterocycles. The molecule has 25 heavy (non-hydrogen) atoms. The van der Waals surface area contributed by atoms with Crippen molar-refractivity contribution in [3.8, 4) is 11.5 Å². The Morgan fingerprint density at radius 1 is 0.960 bits per heavy atom. The molecule has 0 aliphatic carbocycles. The van der Waals surface area contributed by atoms with Gasteiger partial charge in [-0.3, -0.25) is 0 Å². The molecular formula is C20H26N2O3. The molecule has 5 nitrogen and oxygen atoms in total. The maximum Gasteiger partial charge on any atom is 0.314 e. The van der Waals surface area contributed by atoms with Gasteiger partial charge in [0, 0.05) is 6.54 Å². The van der Waals surface area contributed by atoms with E-state index in [1.165, 1.54) is 5.56 Å². The summed E-state index contributed by atoms with van der Waals surface area (Å²) in [5.41, 5.74) is 2.39. The van der Waals surface area contributed by atoms with E-state index in [0.29, 0.717) is 19.7 Å². The second kappa shape index (κ2) is 10.2. The first kappa shape index (κ1) is 18.6. The molecule has 0 unspecified atom stereocenters. The first-order valence-corrected chi connectivity index (χ1v) is 8.57. The second-order valence-corrected chi connectivity index (χ2v) is 5.63. The van der Waals surface area contributed by atoms with E-state index in [0.717, 1.165) is 29.9 Å². The minimum atomic E-state index is -0.181. The zero-order valence-corrected chi connectivity index (χ0v) is 14.9. The Kier molecular flexibility index (Phi) is 7.63. The Morgan fingerprint density at radius 2 is 1.72 bits per heavy atom. The lowest BCUT2D eigenvalue weighted by Gasteiger charge is -2.10. The largest absolute Gasteiger partial charge is 0.497 e. The number of nitrogens with one attached hydrogen (secondary N) is 2. The van der Waals surface area contributed by atoms with Gasteiger partial charge in [-0.25, -0.2) is 4.79 Å². The number of rotatable bonds is 9. The van der Waals surface area contributed by atoms with Crippen molar-refractivity contribution in [2.24, 2.45) is 0 Å². The van der Waals surface area contributed by atoms with Crippen LogP contribution in [0.2, 0.25) is 0 Å². The van der Waals surface area contributed by atoms with E-state index in [-0.39, 0.29) is 6.03 Å². The summed E-state index contributed by atoms with van der Waals surface area (Å²) in [6, 6.07) is 15.6. The van der Waals surface area contributed by atoms with Gasteiger partial charge in [-0.15, -0.1) is 0 Å². The van der Waals surface area contributed by atoms with Gasteiger partial charge in [0.25, 0.3) is 0 Å². The normalized spacial score (nSPS) is 10.2. The molecule has 2 aromatic rings. The van der Waals surface area contributed by atoms with Crippen molar-refractivity contribution in [2.45, 2.75) is 19.8 Å². The minimum absolute atomic E-state index is 0.181. The van der Waals surface area contributed by atoms with Crippen LogP contribution >= 0.6 is 0 Å². The van der Waals surface area contributed by atoms with Crippen LogP contribution in [0.4, 0.5) is 4.79 Å². The highest BCUT2D eigenvalue weighted by molar-refractivity contribution is 5.73. The molecule has 0 heterocycles. The van der Waals surface area contributed by atoms with E-state index in [1.807, 2.05) is 42.5 Å². The van der Waals surface area contributed by atoms with Crippen LogP contribution in [0, 0.1) is 0 Å². The molecule has 0 atom stereocenters. The van der Waals surface area contributed by atoms with E-state index < -0.39 is 0 Å². The number of aryl methyl sites for hydroxylation is 1. The number of urea groups is 1. The molecule has 0 saturated carbocycles. The molecule has 0 radical (unpaired) electrons. The number of carbonyl (C=O) groups excluding carboxylic acids is 1. The summed E-state index contributed by atoms with van der Waals surface area (Å²) in [6.45, 7) is 3.60. The minimum Gasteiger partial charge on any atom is -0.497 e. The topological polar surface area (TPSA) is 59.6 Å². The van der Waals surface area contributed by atoms with Gasteiger partial charge in [0.15, 0.2) is 0 Å². The highest BCUT2D eigenvalue weighted by Crippen LogP contribution is 2.13. The second-order valence-electron chi connectivity index (χ2n) is 5.63. The van der Waals surface area contributed by atoms with Crippen LogP contribution in [0.15, 0.2) is 48.5 Å². The molecule has 2 N–H and O–H groups in total. The molecule has 0 fully saturated rings. The third-order valence-corrected chi connectivity index (χ3v) is 3.82. The summed E-state index contributed by atoms with van der Waals surface area (Å²) in [5.74, 6) is 1.67. The van der Waals surface area contributed by atoms with E-state index in [4.69, 9.17) is 9.47 Å². The number of ether oxygens (including phenoxy) is 2. The van der Waals surface area contributed by atoms with Crippen molar-refractivity contribution in [3.63, 3.8) is 0 Å². The maximum absolute atomic E-state index is 11.7. The predicted octanol–water partition coefficient (Wildman–Crippen LogP) is 3.18. The van der Waals surface area contributed by atoms with Crippen molar-refractivity contribution in [1.29, 1.82) is 0 Å². The van der Waals surface area contributed by atoms with Crippen LogP contribution in [0.25, 0.3) is 0 Å². The number of carbonyl (C=O) groups is 1. The van der Waals surface area contributed by atoms with Crippen LogP contribution in [-0.4, -0.2) is 32.8 Å². The van der Waals surface area contributed by atoms with E-state index >= 15 is 0 Å². The van der Waals surface area contributed by atoms with Crippen LogP contribution in [0.1, 0.15) is 18.1 Å². The molecule has 0 aromatic heterocycles. The summed E-state index contributed by atoms with van der Waals surface area (Å²) in [6.07, 6.45) is 1.75. The summed E-state index contributed by atoms with van der Waals surface area (Å²) in [4.78, 5) is 11.7. The Balaban J connectivity index is 1.58. The third-order valence-electron chi connectivity index (χ3n) is 3.82. The van der Waals surface area contributed by atoms with Gasteiger partial charge in [0.1, 0.15) is 18.1 Å². The van der Waals surface area contributed by atoms with E-state index in [9.17, 15) is 4.79 Å². The van der Waals surface area contributed by atoms with Crippen molar-refractivity contribution >= 4 is 6.03 Å². The number of hydrogen-bond donors (Lipinski definition) is 2. The molecule has 2 aromatic carbocycles. The zero-order chi connectivity index (χ0) is 17.9. The van der Waals surface area contributed by atoms with Crippen LogP contribution in [0.3, 0.4) is 0 Å². The standard InChI is InChI=1S/C20H26N2O3/c1-3-16-5-4-6-19(15-16)25-14-13-22-20(23)21-12-11-17-7-9-18(24-2)10-8-17/h4-10,15H,3,11-14H2,1-2H3,(H2,21,22,23). The van der Waals surface area contributed by atoms with Gasteiger partial charge in [-0.1, -0.05) is 31.2 Å². The van der Waals surface area contributed by atoms with Gasteiger partial charge in [0.05, 0.1) is 13.7 Å². The fourth-order valence-electron chi connectivity index (χ4n) is 2.36. The highest BCUT2D eigenvalue weighted by Gasteiger charge is 2.01. The first-order chi connectivity index (χ1) is 12.2. The third kappa shape index (κ3) is 6.75. The summed E-state index contributed by atoms with van der Waals surface area (Å²) in [7, 11) is 1.64. The fourth-order valence-corrected chi connectivity index (χ4v) is 2.36. The average molecular weight is 342 g/mol. The van der Waals surface area contributed by atoms with Crippen LogP contribution in [-0.2, 0) is 12.8 Å². The molecule has 0 saturated heterocycles. The monoisotopic (exact) mass is 342 g/mol. The number of hydrogen-bond acceptors (Lipinski definition) is 3. The Hall–Kier alpha value is -2.69. The van der Waals surface area contributed by atoms with Gasteiger partial charge in [-0.05, 0) is 48.2 Å². The molecule has 5 heteroatoms. The lowest BCUT2D eigenvalue weighted by Crippen LogP contribution is -2.38. The average Bonchev–Trinajstić information content (AvgIpc) is 2.66. The molecule has 2 amide bonds. The quantitative estimate of drug-likeness (QED) is 0.688. The summed E-state index contributed by atoms with van der Waals surface area (Å²) in [5, 5.41) is 5.63. The molecule has 0 aliphatic rings. The van der Waals surface area contributed by atoms with Crippen LogP contribution < -0.4 is 20.1 Å². The molecule has 134 valence electrons. The Labute approximate surface area is 149 Å². The lowest BCUT2D eigenvalue weighted by molar-refractivity contribution is 0.236. The van der Waals surface area contributed by atoms with Gasteiger partial charge in [0.2, 0.25) is 0 Å². The summed E-state index contributed by atoms with van der Waals surface area (Å²) >= 11 is 0. The molecule has 0 bridgehead atoms. The smallest absolute Gasteiger partial charge is 0.314 e. The molecular weight excluding hydrogens is 316 g/mol. The highest BCUT2D eigenvalue weighted by atomic mass is 16.5. The molecule has 2 rings (SSSR count). The maximum atomic E-state index is 11.7.